The summed E-state index contributed by atoms with van der Waals surface area (Å²) in [5.74, 6) is 1.88. The lowest BCUT2D eigenvalue weighted by molar-refractivity contribution is 0.138. The molecule has 0 aromatic heterocycles. The van der Waals surface area contributed by atoms with Crippen LogP contribution in [0.5, 0.6) is 5.75 Å². The Balaban J connectivity index is 1.77. The summed E-state index contributed by atoms with van der Waals surface area (Å²) in [7, 11) is 0. The van der Waals surface area contributed by atoms with Crippen LogP contribution < -0.4 is 4.74 Å². The van der Waals surface area contributed by atoms with Gasteiger partial charge >= 0.3 is 0 Å². The van der Waals surface area contributed by atoms with Gasteiger partial charge in [0, 0.05) is 11.2 Å². The molecule has 1 fully saturated rings. The second-order valence-electron chi connectivity index (χ2n) is 7.06. The SMILES string of the molecule is CC1(C)Cc2cc(C(Br)C3CCCCCC3)ccc2O1. The lowest BCUT2D eigenvalue weighted by atomic mass is 9.91. The number of halogens is 1. The zero-order valence-corrected chi connectivity index (χ0v) is 14.2. The van der Waals surface area contributed by atoms with Crippen LogP contribution in [-0.4, -0.2) is 5.60 Å². The number of hydrogen-bond acceptors (Lipinski definition) is 1. The van der Waals surface area contributed by atoms with Crippen LogP contribution >= 0.6 is 15.9 Å². The van der Waals surface area contributed by atoms with E-state index in [1.54, 1.807) is 0 Å². The minimum absolute atomic E-state index is 0.0366. The van der Waals surface area contributed by atoms with Gasteiger partial charge in [-0.3, -0.25) is 0 Å². The van der Waals surface area contributed by atoms with E-state index in [9.17, 15) is 0 Å². The normalized spacial score (nSPS) is 23.8. The predicted octanol–water partition coefficient (Wildman–Crippen LogP) is 5.81. The molecule has 2 heteroatoms. The van der Waals surface area contributed by atoms with Gasteiger partial charge in [0.1, 0.15) is 11.4 Å². The van der Waals surface area contributed by atoms with E-state index >= 15 is 0 Å². The third-order valence-corrected chi connectivity index (χ3v) is 6.00. The van der Waals surface area contributed by atoms with Crippen molar-refractivity contribution in [3.63, 3.8) is 0 Å². The van der Waals surface area contributed by atoms with Crippen LogP contribution in [0, 0.1) is 5.92 Å². The van der Waals surface area contributed by atoms with Crippen LogP contribution in [0.2, 0.25) is 0 Å². The molecule has 1 aromatic carbocycles. The Morgan fingerprint density at radius 2 is 1.85 bits per heavy atom. The van der Waals surface area contributed by atoms with Gasteiger partial charge < -0.3 is 4.74 Å². The van der Waals surface area contributed by atoms with Gasteiger partial charge in [0.2, 0.25) is 0 Å². The Kier molecular flexibility index (Phi) is 4.12. The Morgan fingerprint density at radius 3 is 2.55 bits per heavy atom. The first-order valence-electron chi connectivity index (χ1n) is 8.01. The Morgan fingerprint density at radius 1 is 1.15 bits per heavy atom. The molecule has 1 unspecified atom stereocenters. The molecule has 1 heterocycles. The van der Waals surface area contributed by atoms with Crippen molar-refractivity contribution in [2.45, 2.75) is 69.2 Å². The minimum atomic E-state index is -0.0366. The average molecular weight is 337 g/mol. The molecule has 0 amide bonds. The van der Waals surface area contributed by atoms with Gasteiger partial charge in [-0.05, 0) is 49.8 Å². The minimum Gasteiger partial charge on any atom is -0.487 e. The molecule has 1 aliphatic heterocycles. The summed E-state index contributed by atoms with van der Waals surface area (Å²) in [6.45, 7) is 4.34. The Bertz CT molecular complexity index is 472. The summed E-state index contributed by atoms with van der Waals surface area (Å²) in [5, 5.41) is 0. The molecule has 1 atom stereocenters. The van der Waals surface area contributed by atoms with E-state index in [4.69, 9.17) is 4.74 Å². The summed E-state index contributed by atoms with van der Waals surface area (Å²) < 4.78 is 5.98. The molecule has 1 aliphatic carbocycles. The van der Waals surface area contributed by atoms with Gasteiger partial charge in [0.15, 0.2) is 0 Å². The van der Waals surface area contributed by atoms with Crippen LogP contribution in [0.25, 0.3) is 0 Å². The van der Waals surface area contributed by atoms with Gasteiger partial charge in [0.05, 0.1) is 0 Å². The van der Waals surface area contributed by atoms with Crippen LogP contribution in [-0.2, 0) is 6.42 Å². The lowest BCUT2D eigenvalue weighted by Crippen LogP contribution is -2.24. The number of fused-ring (bicyclic) bond motifs is 1. The fraction of sp³-hybridized carbons (Fsp3) is 0.667. The monoisotopic (exact) mass is 336 g/mol. The molecule has 3 rings (SSSR count). The molecule has 1 nitrogen and oxygen atoms in total. The van der Waals surface area contributed by atoms with E-state index < -0.39 is 0 Å². The number of rotatable bonds is 2. The summed E-state index contributed by atoms with van der Waals surface area (Å²) in [6.07, 6.45) is 9.40. The molecule has 0 radical (unpaired) electrons. The summed E-state index contributed by atoms with van der Waals surface area (Å²) in [5.41, 5.74) is 2.79. The second-order valence-corrected chi connectivity index (χ2v) is 8.05. The molecule has 1 saturated carbocycles. The topological polar surface area (TPSA) is 9.23 Å². The maximum atomic E-state index is 5.98. The molecule has 0 bridgehead atoms. The highest BCUT2D eigenvalue weighted by Gasteiger charge is 2.31. The summed E-state index contributed by atoms with van der Waals surface area (Å²) in [6, 6.07) is 6.79. The average Bonchev–Trinajstić information content (AvgIpc) is 2.59. The molecular formula is C18H25BrO. The van der Waals surface area contributed by atoms with E-state index in [1.165, 1.54) is 49.7 Å². The van der Waals surface area contributed by atoms with Crippen LogP contribution in [0.15, 0.2) is 18.2 Å². The second kappa shape index (κ2) is 5.71. The third kappa shape index (κ3) is 3.05. The predicted molar refractivity (Wildman–Crippen MR) is 87.7 cm³/mol. The van der Waals surface area contributed by atoms with E-state index in [-0.39, 0.29) is 5.60 Å². The molecule has 20 heavy (non-hydrogen) atoms. The first-order chi connectivity index (χ1) is 9.55. The molecule has 0 saturated heterocycles. The Hall–Kier alpha value is -0.500. The van der Waals surface area contributed by atoms with Crippen molar-refractivity contribution in [3.8, 4) is 5.75 Å². The van der Waals surface area contributed by atoms with Crippen LogP contribution in [0.3, 0.4) is 0 Å². The number of benzene rings is 1. The standard InChI is InChI=1S/C18H25BrO/c1-18(2)12-15-11-14(9-10-16(15)20-18)17(19)13-7-5-3-4-6-8-13/h9-11,13,17H,3-8,12H2,1-2H3. The number of alkyl halides is 1. The molecule has 1 aromatic rings. The molecular weight excluding hydrogens is 312 g/mol. The molecule has 110 valence electrons. The number of ether oxygens (including phenoxy) is 1. The maximum absolute atomic E-state index is 5.98. The van der Waals surface area contributed by atoms with E-state index in [2.05, 4.69) is 48.0 Å². The highest BCUT2D eigenvalue weighted by molar-refractivity contribution is 9.09. The maximum Gasteiger partial charge on any atom is 0.123 e. The zero-order valence-electron chi connectivity index (χ0n) is 12.6. The first-order valence-corrected chi connectivity index (χ1v) is 8.93. The van der Waals surface area contributed by atoms with Crippen molar-refractivity contribution in [1.82, 2.24) is 0 Å². The van der Waals surface area contributed by atoms with Crippen molar-refractivity contribution in [1.29, 1.82) is 0 Å². The molecule has 0 spiro atoms. The van der Waals surface area contributed by atoms with Crippen molar-refractivity contribution in [3.05, 3.63) is 29.3 Å². The largest absolute Gasteiger partial charge is 0.487 e. The van der Waals surface area contributed by atoms with Gasteiger partial charge in [0.25, 0.3) is 0 Å². The van der Waals surface area contributed by atoms with E-state index in [1.807, 2.05) is 0 Å². The van der Waals surface area contributed by atoms with Gasteiger partial charge in [-0.1, -0.05) is 53.7 Å². The summed E-state index contributed by atoms with van der Waals surface area (Å²) in [4.78, 5) is 0.509. The highest BCUT2D eigenvalue weighted by Crippen LogP contribution is 2.42. The molecule has 0 N–H and O–H groups in total. The van der Waals surface area contributed by atoms with Crippen LogP contribution in [0.4, 0.5) is 0 Å². The fourth-order valence-corrected chi connectivity index (χ4v) is 4.49. The lowest BCUT2D eigenvalue weighted by Gasteiger charge is -2.21. The van der Waals surface area contributed by atoms with E-state index in [0.717, 1.165) is 18.1 Å². The van der Waals surface area contributed by atoms with Crippen molar-refractivity contribution in [2.75, 3.05) is 0 Å². The third-order valence-electron chi connectivity index (χ3n) is 4.72. The highest BCUT2D eigenvalue weighted by atomic mass is 79.9. The fourth-order valence-electron chi connectivity index (χ4n) is 3.68. The van der Waals surface area contributed by atoms with E-state index in [0.29, 0.717) is 4.83 Å². The first kappa shape index (κ1) is 14.4. The quantitative estimate of drug-likeness (QED) is 0.489. The van der Waals surface area contributed by atoms with Crippen molar-refractivity contribution < 1.29 is 4.74 Å². The van der Waals surface area contributed by atoms with Gasteiger partial charge in [-0.15, -0.1) is 0 Å². The molecule has 2 aliphatic rings. The number of hydrogen-bond donors (Lipinski definition) is 0. The smallest absolute Gasteiger partial charge is 0.123 e. The Labute approximate surface area is 131 Å². The van der Waals surface area contributed by atoms with Crippen molar-refractivity contribution >= 4 is 15.9 Å². The summed E-state index contributed by atoms with van der Waals surface area (Å²) >= 11 is 3.98. The van der Waals surface area contributed by atoms with Crippen molar-refractivity contribution in [2.24, 2.45) is 5.92 Å². The van der Waals surface area contributed by atoms with Crippen LogP contribution in [0.1, 0.15) is 68.3 Å². The van der Waals surface area contributed by atoms with Gasteiger partial charge in [-0.25, -0.2) is 0 Å². The zero-order chi connectivity index (χ0) is 14.2. The van der Waals surface area contributed by atoms with Gasteiger partial charge in [-0.2, -0.15) is 0 Å².